The van der Waals surface area contributed by atoms with Gasteiger partial charge in [0, 0.05) is 23.2 Å². The summed E-state index contributed by atoms with van der Waals surface area (Å²) in [5.41, 5.74) is 2.00. The van der Waals surface area contributed by atoms with E-state index in [1.807, 2.05) is 6.92 Å². The molecule has 1 aliphatic carbocycles. The lowest BCUT2D eigenvalue weighted by Gasteiger charge is -2.35. The first-order valence-corrected chi connectivity index (χ1v) is 11.5. The number of amides is 2. The third-order valence-corrected chi connectivity index (χ3v) is 6.61. The molecule has 2 amide bonds. The van der Waals surface area contributed by atoms with Gasteiger partial charge >= 0.3 is 18.4 Å². The first kappa shape index (κ1) is 25.7. The Hall–Kier alpha value is -2.95. The number of urea groups is 1. The molecule has 11 heteroatoms. The monoisotopic (exact) mass is 500 g/mol. The minimum absolute atomic E-state index is 0.193. The Kier molecular flexibility index (Phi) is 7.96. The highest BCUT2D eigenvalue weighted by Crippen LogP contribution is 2.33. The molecule has 0 bridgehead atoms. The molecule has 0 saturated carbocycles. The summed E-state index contributed by atoms with van der Waals surface area (Å²) >= 11 is 0.952. The van der Waals surface area contributed by atoms with E-state index in [-0.39, 0.29) is 16.7 Å². The number of alkyl halides is 3. The van der Waals surface area contributed by atoms with Crippen molar-refractivity contribution >= 4 is 29.4 Å². The Bertz CT molecular complexity index is 1050. The highest BCUT2D eigenvalue weighted by molar-refractivity contribution is 8.00. The Balaban J connectivity index is 1.67. The van der Waals surface area contributed by atoms with Gasteiger partial charge in [-0.25, -0.2) is 9.18 Å². The lowest BCUT2D eigenvalue weighted by molar-refractivity contribution is -0.274. The summed E-state index contributed by atoms with van der Waals surface area (Å²) in [6.07, 6.45) is -3.13. The highest BCUT2D eigenvalue weighted by Gasteiger charge is 2.31. The lowest BCUT2D eigenvalue weighted by atomic mass is 9.87. The maximum absolute atomic E-state index is 14.6. The van der Waals surface area contributed by atoms with Crippen molar-refractivity contribution < 1.29 is 37.0 Å². The van der Waals surface area contributed by atoms with E-state index in [1.165, 1.54) is 25.1 Å². The number of thioether (sulfide) groups is 1. The van der Waals surface area contributed by atoms with Crippen molar-refractivity contribution in [2.45, 2.75) is 55.7 Å². The van der Waals surface area contributed by atoms with Crippen molar-refractivity contribution in [3.63, 3.8) is 0 Å². The molecule has 2 aromatic rings. The maximum Gasteiger partial charge on any atom is 0.573 e. The first-order valence-electron chi connectivity index (χ1n) is 10.6. The number of rotatable bonds is 7. The minimum atomic E-state index is -4.80. The number of likely N-dealkylation sites (N-methyl/N-ethyl adjacent to an activating group) is 1. The summed E-state index contributed by atoms with van der Waals surface area (Å²) in [6.45, 7) is 3.69. The molecule has 184 valence electrons. The fourth-order valence-electron chi connectivity index (χ4n) is 3.84. The van der Waals surface area contributed by atoms with Gasteiger partial charge in [0.05, 0.1) is 0 Å². The molecular weight excluding hydrogens is 476 g/mol. The summed E-state index contributed by atoms with van der Waals surface area (Å²) < 4.78 is 55.3. The number of halogens is 4. The van der Waals surface area contributed by atoms with E-state index in [2.05, 4.69) is 10.1 Å². The fraction of sp³-hybridized carbons (Fsp3) is 0.391. The van der Waals surface area contributed by atoms with Crippen molar-refractivity contribution in [1.82, 2.24) is 4.90 Å². The van der Waals surface area contributed by atoms with Gasteiger partial charge in [-0.2, -0.15) is 0 Å². The zero-order valence-corrected chi connectivity index (χ0v) is 19.3. The van der Waals surface area contributed by atoms with Gasteiger partial charge in [-0.1, -0.05) is 0 Å². The highest BCUT2D eigenvalue weighted by atomic mass is 32.2. The van der Waals surface area contributed by atoms with Crippen LogP contribution < -0.4 is 10.1 Å². The van der Waals surface area contributed by atoms with Crippen LogP contribution >= 0.6 is 11.8 Å². The molecule has 2 N–H and O–H groups in total. The van der Waals surface area contributed by atoms with Crippen LogP contribution in [0.15, 0.2) is 41.3 Å². The molecule has 0 spiro atoms. The molecule has 0 heterocycles. The van der Waals surface area contributed by atoms with Crippen LogP contribution in [-0.2, 0) is 17.6 Å². The number of fused-ring (bicyclic) bond motifs is 1. The van der Waals surface area contributed by atoms with Crippen molar-refractivity contribution in [2.75, 3.05) is 11.9 Å². The van der Waals surface area contributed by atoms with Gasteiger partial charge < -0.3 is 20.1 Å². The third-order valence-electron chi connectivity index (χ3n) is 5.49. The Labute approximate surface area is 198 Å². The van der Waals surface area contributed by atoms with Gasteiger partial charge in [0.2, 0.25) is 0 Å². The second-order valence-corrected chi connectivity index (χ2v) is 9.22. The molecule has 2 atom stereocenters. The number of anilines is 1. The summed E-state index contributed by atoms with van der Waals surface area (Å²) in [5, 5.41) is 11.0. The topological polar surface area (TPSA) is 78.9 Å². The predicted octanol–water partition coefficient (Wildman–Crippen LogP) is 5.70. The Morgan fingerprint density at radius 1 is 1.24 bits per heavy atom. The first-order chi connectivity index (χ1) is 16.0. The molecule has 0 aromatic heterocycles. The molecular formula is C23H24F4N2O4S. The number of ether oxygens (including phenoxy) is 1. The molecule has 2 unspecified atom stereocenters. The zero-order chi connectivity index (χ0) is 25.0. The van der Waals surface area contributed by atoms with Crippen LogP contribution in [0.3, 0.4) is 0 Å². The molecule has 2 aromatic carbocycles. The van der Waals surface area contributed by atoms with Crippen LogP contribution in [0.2, 0.25) is 0 Å². The number of carboxylic acids is 1. The normalized spacial score (nSPS) is 16.4. The van der Waals surface area contributed by atoms with Crippen molar-refractivity contribution in [3.05, 3.63) is 53.3 Å². The molecule has 3 rings (SSSR count). The molecule has 0 saturated heterocycles. The number of benzene rings is 2. The van der Waals surface area contributed by atoms with Crippen LogP contribution in [0.5, 0.6) is 5.75 Å². The van der Waals surface area contributed by atoms with Crippen LogP contribution in [0.1, 0.15) is 31.4 Å². The SMILES string of the molecule is CCN(C(=O)Nc1ccc(OC(F)(F)F)cc1)C1CCc2cc(SC(C)C(=O)O)c(F)cc2C1. The number of hydrogen-bond donors (Lipinski definition) is 2. The molecule has 0 aliphatic heterocycles. The number of aliphatic carboxylic acids is 1. The molecule has 1 aliphatic rings. The Morgan fingerprint density at radius 3 is 2.50 bits per heavy atom. The van der Waals surface area contributed by atoms with Crippen LogP contribution in [0.25, 0.3) is 0 Å². The van der Waals surface area contributed by atoms with Gasteiger partial charge in [-0.15, -0.1) is 24.9 Å². The van der Waals surface area contributed by atoms with E-state index in [1.54, 1.807) is 11.0 Å². The van der Waals surface area contributed by atoms with Crippen molar-refractivity contribution in [2.24, 2.45) is 0 Å². The van der Waals surface area contributed by atoms with E-state index >= 15 is 0 Å². The van der Waals surface area contributed by atoms with Gasteiger partial charge in [0.1, 0.15) is 16.8 Å². The van der Waals surface area contributed by atoms with Crippen LogP contribution in [-0.4, -0.2) is 46.2 Å². The number of carboxylic acid groups (broad SMARTS) is 1. The van der Waals surface area contributed by atoms with E-state index in [0.29, 0.717) is 31.5 Å². The summed E-state index contributed by atoms with van der Waals surface area (Å²) in [5.74, 6) is -1.90. The van der Waals surface area contributed by atoms with E-state index in [0.717, 1.165) is 35.0 Å². The number of nitrogens with zero attached hydrogens (tertiary/aromatic N) is 1. The predicted molar refractivity (Wildman–Crippen MR) is 120 cm³/mol. The number of hydrogen-bond acceptors (Lipinski definition) is 4. The van der Waals surface area contributed by atoms with Gasteiger partial charge in [-0.3, -0.25) is 4.79 Å². The molecule has 6 nitrogen and oxygen atoms in total. The van der Waals surface area contributed by atoms with Gasteiger partial charge in [0.25, 0.3) is 0 Å². The zero-order valence-electron chi connectivity index (χ0n) is 18.5. The Morgan fingerprint density at radius 2 is 1.91 bits per heavy atom. The molecule has 0 fully saturated rings. The van der Waals surface area contributed by atoms with E-state index < -0.39 is 29.4 Å². The average molecular weight is 501 g/mol. The summed E-state index contributed by atoms with van der Waals surface area (Å²) in [6, 6.07) is 7.34. The smallest absolute Gasteiger partial charge is 0.480 e. The van der Waals surface area contributed by atoms with E-state index in [9.17, 15) is 27.2 Å². The van der Waals surface area contributed by atoms with Crippen molar-refractivity contribution in [3.8, 4) is 5.75 Å². The summed E-state index contributed by atoms with van der Waals surface area (Å²) in [4.78, 5) is 25.8. The average Bonchev–Trinajstić information content (AvgIpc) is 2.75. The molecule has 0 radical (unpaired) electrons. The quantitative estimate of drug-likeness (QED) is 0.377. The van der Waals surface area contributed by atoms with E-state index in [4.69, 9.17) is 5.11 Å². The van der Waals surface area contributed by atoms with Gasteiger partial charge in [-0.05, 0) is 80.6 Å². The third kappa shape index (κ3) is 6.55. The van der Waals surface area contributed by atoms with Crippen LogP contribution in [0, 0.1) is 5.82 Å². The minimum Gasteiger partial charge on any atom is -0.480 e. The second-order valence-electron chi connectivity index (χ2n) is 7.83. The second kappa shape index (κ2) is 10.5. The maximum atomic E-state index is 14.6. The summed E-state index contributed by atoms with van der Waals surface area (Å²) in [7, 11) is 0. The standard InChI is InChI=1S/C23H24F4N2O4S/c1-3-29(22(32)28-16-5-8-18(9-6-16)33-23(25,26)27)17-7-4-14-12-20(34-13(2)21(30)31)19(24)11-15(14)10-17/h5-6,8-9,11-13,17H,3-4,7,10H2,1-2H3,(H,28,32)(H,30,31). The van der Waals surface area contributed by atoms with Crippen molar-refractivity contribution in [1.29, 1.82) is 0 Å². The number of aryl methyl sites for hydroxylation is 1. The fourth-order valence-corrected chi connectivity index (χ4v) is 4.70. The number of carbonyl (C=O) groups excluding carboxylic acids is 1. The lowest BCUT2D eigenvalue weighted by Crippen LogP contribution is -2.45. The van der Waals surface area contributed by atoms with Gasteiger partial charge in [0.15, 0.2) is 0 Å². The van der Waals surface area contributed by atoms with Crippen LogP contribution in [0.4, 0.5) is 28.0 Å². The molecule has 34 heavy (non-hydrogen) atoms. The number of carbonyl (C=O) groups is 2. The number of nitrogens with one attached hydrogen (secondary N) is 1. The largest absolute Gasteiger partial charge is 0.573 e.